The van der Waals surface area contributed by atoms with Crippen LogP contribution in [0, 0.1) is 16.7 Å². The second-order valence-corrected chi connectivity index (χ2v) is 8.39. The molecule has 0 amide bonds. The van der Waals surface area contributed by atoms with E-state index in [1.807, 2.05) is 97.0 Å². The molecular weight excluding hydrogens is 390 g/mol. The number of nitrogens with zero attached hydrogens (tertiary/aromatic N) is 1. The second kappa shape index (κ2) is 12.8. The van der Waals surface area contributed by atoms with Crippen molar-refractivity contribution in [2.45, 2.75) is 73.1 Å². The lowest BCUT2D eigenvalue weighted by molar-refractivity contribution is -0.121. The van der Waals surface area contributed by atoms with Crippen LogP contribution in [0.25, 0.3) is 0 Å². The van der Waals surface area contributed by atoms with Gasteiger partial charge in [0.15, 0.2) is 5.78 Å². The van der Waals surface area contributed by atoms with Gasteiger partial charge < -0.3 is 0 Å². The van der Waals surface area contributed by atoms with E-state index in [1.54, 1.807) is 0 Å². The zero-order valence-corrected chi connectivity index (χ0v) is 20.9. The van der Waals surface area contributed by atoms with Gasteiger partial charge in [-0.1, -0.05) is 114 Å². The highest BCUT2D eigenvalue weighted by Gasteiger charge is 2.39. The molecule has 0 saturated heterocycles. The summed E-state index contributed by atoms with van der Waals surface area (Å²) in [5.74, 6) is -0.182. The summed E-state index contributed by atoms with van der Waals surface area (Å²) in [7, 11) is 0. The molecule has 0 spiro atoms. The lowest BCUT2D eigenvalue weighted by Crippen LogP contribution is -2.21. The minimum atomic E-state index is -0.362. The van der Waals surface area contributed by atoms with Crippen molar-refractivity contribution in [2.75, 3.05) is 0 Å². The number of nitriles is 1. The molecule has 0 aliphatic heterocycles. The first-order valence-electron chi connectivity index (χ1n) is 11.8. The van der Waals surface area contributed by atoms with Gasteiger partial charge in [0.2, 0.25) is 0 Å². The number of carbonyl (C=O) groups excluding carboxylic acids is 1. The molecule has 0 radical (unpaired) electrons. The first-order chi connectivity index (χ1) is 15.3. The molecule has 2 aromatic carbocycles. The molecule has 0 saturated carbocycles. The molecule has 2 atom stereocenters. The van der Waals surface area contributed by atoms with Crippen molar-refractivity contribution in [1.29, 1.82) is 5.26 Å². The summed E-state index contributed by atoms with van der Waals surface area (Å²) in [5.41, 5.74) is 4.48. The number of ketones is 1. The van der Waals surface area contributed by atoms with Crippen LogP contribution in [0.4, 0.5) is 0 Å². The molecule has 0 fully saturated rings. The Morgan fingerprint density at radius 2 is 1.44 bits per heavy atom. The summed E-state index contributed by atoms with van der Waals surface area (Å²) >= 11 is 0. The van der Waals surface area contributed by atoms with Crippen LogP contribution in [0.2, 0.25) is 0 Å². The van der Waals surface area contributed by atoms with E-state index in [4.69, 9.17) is 0 Å². The Labute approximate surface area is 195 Å². The number of benzene rings is 2. The van der Waals surface area contributed by atoms with Crippen LogP contribution in [-0.4, -0.2) is 5.78 Å². The quantitative estimate of drug-likeness (QED) is 0.462. The highest BCUT2D eigenvalue weighted by atomic mass is 16.1. The van der Waals surface area contributed by atoms with Crippen molar-refractivity contribution in [1.82, 2.24) is 0 Å². The van der Waals surface area contributed by atoms with Gasteiger partial charge in [-0.15, -0.1) is 0 Å². The van der Waals surface area contributed by atoms with Gasteiger partial charge >= 0.3 is 0 Å². The molecule has 32 heavy (non-hydrogen) atoms. The van der Waals surface area contributed by atoms with Crippen LogP contribution in [-0.2, 0) is 4.79 Å². The molecular formula is C30H39NO. The first-order valence-corrected chi connectivity index (χ1v) is 11.8. The third kappa shape index (κ3) is 6.30. The molecule has 0 N–H and O–H groups in total. The lowest BCUT2D eigenvalue weighted by atomic mass is 9.77. The van der Waals surface area contributed by atoms with Gasteiger partial charge in [-0.25, -0.2) is 0 Å². The molecule has 1 aliphatic rings. The monoisotopic (exact) mass is 429 g/mol. The average Bonchev–Trinajstić information content (AvgIpc) is 3.03. The smallest absolute Gasteiger partial charge is 0.168 e. The minimum absolute atomic E-state index is 0.0575. The van der Waals surface area contributed by atoms with Crippen molar-refractivity contribution in [3.05, 3.63) is 95.1 Å². The van der Waals surface area contributed by atoms with Crippen molar-refractivity contribution < 1.29 is 4.79 Å². The topological polar surface area (TPSA) is 40.9 Å². The molecule has 0 aromatic heterocycles. The zero-order valence-electron chi connectivity index (χ0n) is 20.9. The fraction of sp³-hybridized carbons (Fsp3) is 0.400. The molecule has 1 aliphatic carbocycles. The maximum atomic E-state index is 12.9. The Bertz CT molecular complexity index is 945. The van der Waals surface area contributed by atoms with E-state index < -0.39 is 0 Å². The van der Waals surface area contributed by atoms with Gasteiger partial charge in [0.25, 0.3) is 0 Å². The summed E-state index contributed by atoms with van der Waals surface area (Å²) in [6, 6.07) is 22.5. The van der Waals surface area contributed by atoms with Gasteiger partial charge in [-0.05, 0) is 36.5 Å². The Balaban J connectivity index is 0.00000121. The minimum Gasteiger partial charge on any atom is -0.294 e. The lowest BCUT2D eigenvalue weighted by Gasteiger charge is -2.25. The SMILES string of the molecule is C=C(CC(c1ccccc1)C(C#N)c1ccccc1)C1=C(C)CC(C)(C)C1=O.CC.CC. The Morgan fingerprint density at radius 3 is 1.84 bits per heavy atom. The van der Waals surface area contributed by atoms with Crippen LogP contribution < -0.4 is 0 Å². The Morgan fingerprint density at radius 1 is 0.969 bits per heavy atom. The molecule has 170 valence electrons. The van der Waals surface area contributed by atoms with Crippen molar-refractivity contribution in [3.8, 4) is 6.07 Å². The third-order valence-electron chi connectivity index (χ3n) is 5.72. The fourth-order valence-corrected chi connectivity index (χ4v) is 4.38. The summed E-state index contributed by atoms with van der Waals surface area (Å²) in [6.07, 6.45) is 1.36. The number of allylic oxidation sites excluding steroid dienone is 3. The molecule has 0 bridgehead atoms. The van der Waals surface area contributed by atoms with Crippen molar-refractivity contribution >= 4 is 5.78 Å². The molecule has 2 nitrogen and oxygen atoms in total. The predicted octanol–water partition coefficient (Wildman–Crippen LogP) is 8.39. The van der Waals surface area contributed by atoms with E-state index in [0.717, 1.165) is 34.3 Å². The second-order valence-electron chi connectivity index (χ2n) is 8.39. The van der Waals surface area contributed by atoms with E-state index >= 15 is 0 Å². The normalized spacial score (nSPS) is 16.0. The van der Waals surface area contributed by atoms with E-state index in [2.05, 4.69) is 24.8 Å². The molecule has 2 heteroatoms. The zero-order chi connectivity index (χ0) is 24.3. The van der Waals surface area contributed by atoms with Crippen molar-refractivity contribution in [2.24, 2.45) is 5.41 Å². The summed E-state index contributed by atoms with van der Waals surface area (Å²) in [4.78, 5) is 12.9. The number of carbonyl (C=O) groups is 1. The number of hydrogen-bond acceptors (Lipinski definition) is 2. The van der Waals surface area contributed by atoms with E-state index in [0.29, 0.717) is 6.42 Å². The van der Waals surface area contributed by atoms with Crippen LogP contribution in [0.1, 0.15) is 84.3 Å². The van der Waals surface area contributed by atoms with E-state index in [9.17, 15) is 10.1 Å². The standard InChI is InChI=1S/C26H27NO.2C2H6/c1-18(24-19(2)16-26(3,4)25(24)28)15-22(20-11-7-5-8-12-20)23(17-27)21-13-9-6-10-14-21;2*1-2/h5-14,22-23H,1,15-16H2,2-4H3;2*1-2H3. The maximum Gasteiger partial charge on any atom is 0.168 e. The summed E-state index contributed by atoms with van der Waals surface area (Å²) in [5, 5.41) is 10.0. The van der Waals surface area contributed by atoms with Crippen LogP contribution in [0.3, 0.4) is 0 Å². The molecule has 0 heterocycles. The van der Waals surface area contributed by atoms with Crippen LogP contribution in [0.15, 0.2) is 84.0 Å². The van der Waals surface area contributed by atoms with Gasteiger partial charge in [0.05, 0.1) is 12.0 Å². The number of rotatable bonds is 6. The average molecular weight is 430 g/mol. The van der Waals surface area contributed by atoms with Gasteiger partial charge in [-0.3, -0.25) is 4.79 Å². The highest BCUT2D eigenvalue weighted by molar-refractivity contribution is 6.06. The molecule has 2 aromatic rings. The largest absolute Gasteiger partial charge is 0.294 e. The number of Topliss-reactive ketones (excluding diaryl/α,β-unsaturated/α-hetero) is 1. The van der Waals surface area contributed by atoms with E-state index in [-0.39, 0.29) is 23.0 Å². The maximum absolute atomic E-state index is 12.9. The van der Waals surface area contributed by atoms with Gasteiger partial charge in [-0.2, -0.15) is 5.26 Å². The van der Waals surface area contributed by atoms with Gasteiger partial charge in [0, 0.05) is 16.9 Å². The van der Waals surface area contributed by atoms with Gasteiger partial charge in [0.1, 0.15) is 0 Å². The number of hydrogen-bond donors (Lipinski definition) is 0. The molecule has 2 unspecified atom stereocenters. The third-order valence-corrected chi connectivity index (χ3v) is 5.72. The summed E-state index contributed by atoms with van der Waals surface area (Å²) < 4.78 is 0. The van der Waals surface area contributed by atoms with Crippen LogP contribution >= 0.6 is 0 Å². The fourth-order valence-electron chi connectivity index (χ4n) is 4.38. The Kier molecular flexibility index (Phi) is 10.9. The summed E-state index contributed by atoms with van der Waals surface area (Å²) in [6.45, 7) is 18.3. The first kappa shape index (κ1) is 27.1. The molecule has 3 rings (SSSR count). The van der Waals surface area contributed by atoms with Crippen LogP contribution in [0.5, 0.6) is 0 Å². The van der Waals surface area contributed by atoms with E-state index in [1.165, 1.54) is 0 Å². The Hall–Kier alpha value is -2.92. The highest BCUT2D eigenvalue weighted by Crippen LogP contribution is 2.44. The predicted molar refractivity (Wildman–Crippen MR) is 137 cm³/mol. The van der Waals surface area contributed by atoms with Crippen molar-refractivity contribution in [3.63, 3.8) is 0 Å².